The molecule has 1 N–H and O–H groups in total. The Balaban J connectivity index is 1.88. The fraction of sp³-hybridized carbons (Fsp3) is 0.188. The predicted molar refractivity (Wildman–Crippen MR) is 81.2 cm³/mol. The van der Waals surface area contributed by atoms with Crippen LogP contribution in [0.1, 0.15) is 0 Å². The summed E-state index contributed by atoms with van der Waals surface area (Å²) in [5.74, 6) is -1.24. The van der Waals surface area contributed by atoms with Crippen molar-refractivity contribution < 1.29 is 27.1 Å². The van der Waals surface area contributed by atoms with Gasteiger partial charge in [-0.2, -0.15) is 13.2 Å². The number of carbonyl (C=O) groups is 1. The predicted octanol–water partition coefficient (Wildman–Crippen LogP) is 3.05. The molecular formula is C16H13F4N3O2. The lowest BCUT2D eigenvalue weighted by molar-refractivity contribution is -0.173. The average molecular weight is 355 g/mol. The summed E-state index contributed by atoms with van der Waals surface area (Å²) in [6.45, 7) is -0.916. The molecule has 0 aliphatic heterocycles. The zero-order valence-electron chi connectivity index (χ0n) is 12.8. The largest absolute Gasteiger partial charge is 0.489 e. The molecule has 0 saturated carbocycles. The normalized spacial score (nSPS) is 11.9. The summed E-state index contributed by atoms with van der Waals surface area (Å²) in [5.41, 5.74) is 0.597. The number of aromatic nitrogens is 2. The number of benzene rings is 1. The monoisotopic (exact) mass is 355 g/mol. The van der Waals surface area contributed by atoms with E-state index in [4.69, 9.17) is 4.74 Å². The van der Waals surface area contributed by atoms with E-state index in [9.17, 15) is 22.4 Å². The van der Waals surface area contributed by atoms with Gasteiger partial charge in [-0.25, -0.2) is 14.4 Å². The van der Waals surface area contributed by atoms with Gasteiger partial charge in [0.2, 0.25) is 0 Å². The fourth-order valence-electron chi connectivity index (χ4n) is 1.74. The first-order valence-corrected chi connectivity index (χ1v) is 7.03. The zero-order chi connectivity index (χ0) is 18.3. The van der Waals surface area contributed by atoms with E-state index in [2.05, 4.69) is 9.97 Å². The van der Waals surface area contributed by atoms with Crippen LogP contribution in [0.2, 0.25) is 0 Å². The minimum atomic E-state index is -5.02. The number of rotatable bonds is 6. The van der Waals surface area contributed by atoms with Gasteiger partial charge >= 0.3 is 12.1 Å². The van der Waals surface area contributed by atoms with Gasteiger partial charge in [0.25, 0.3) is 0 Å². The van der Waals surface area contributed by atoms with Gasteiger partial charge < -0.3 is 10.1 Å². The Hall–Kier alpha value is -2.97. The van der Waals surface area contributed by atoms with Gasteiger partial charge in [-0.1, -0.05) is 0 Å². The van der Waals surface area contributed by atoms with Crippen LogP contribution in [0.5, 0.6) is 5.75 Å². The molecule has 0 bridgehead atoms. The fourth-order valence-corrected chi connectivity index (χ4v) is 1.74. The van der Waals surface area contributed by atoms with Gasteiger partial charge in [0.15, 0.2) is 5.82 Å². The van der Waals surface area contributed by atoms with E-state index in [1.165, 1.54) is 0 Å². The van der Waals surface area contributed by atoms with Crippen LogP contribution < -0.4 is 10.1 Å². The molecule has 0 spiro atoms. The second kappa shape index (κ2) is 8.22. The average Bonchev–Trinajstić information content (AvgIpc) is 2.62. The SMILES string of the molecule is O=C(NC/C(=C/F)COc1ccc(-c2ncccn2)cc1)C(F)(F)F. The van der Waals surface area contributed by atoms with Crippen LogP contribution in [0, 0.1) is 0 Å². The second-order valence-electron chi connectivity index (χ2n) is 4.83. The number of alkyl halides is 3. The van der Waals surface area contributed by atoms with Gasteiger partial charge in [0.1, 0.15) is 12.4 Å². The maximum Gasteiger partial charge on any atom is 0.471 e. The van der Waals surface area contributed by atoms with E-state index >= 15 is 0 Å². The molecule has 0 saturated heterocycles. The van der Waals surface area contributed by atoms with Crippen molar-refractivity contribution in [2.45, 2.75) is 6.18 Å². The van der Waals surface area contributed by atoms with Crippen molar-refractivity contribution >= 4 is 5.91 Å². The number of halogens is 4. The molecule has 132 valence electrons. The summed E-state index contributed by atoms with van der Waals surface area (Å²) in [6, 6.07) is 8.25. The molecule has 0 unspecified atom stereocenters. The summed E-state index contributed by atoms with van der Waals surface area (Å²) in [4.78, 5) is 18.9. The first-order chi connectivity index (χ1) is 11.9. The lowest BCUT2D eigenvalue weighted by Crippen LogP contribution is -2.38. The van der Waals surface area contributed by atoms with Crippen LogP contribution in [0.25, 0.3) is 11.4 Å². The number of nitrogens with zero attached hydrogens (tertiary/aromatic N) is 2. The lowest BCUT2D eigenvalue weighted by atomic mass is 10.2. The topological polar surface area (TPSA) is 64.1 Å². The number of hydrogen-bond acceptors (Lipinski definition) is 4. The van der Waals surface area contributed by atoms with Gasteiger partial charge in [-0.3, -0.25) is 4.79 Å². The Kier molecular flexibility index (Phi) is 6.04. The first kappa shape index (κ1) is 18.4. The van der Waals surface area contributed by atoms with Crippen LogP contribution in [0.15, 0.2) is 54.6 Å². The van der Waals surface area contributed by atoms with E-state index in [-0.39, 0.29) is 18.5 Å². The number of carbonyl (C=O) groups excluding carboxylic acids is 1. The third-order valence-corrected chi connectivity index (χ3v) is 2.99. The minimum absolute atomic E-state index is 0.100. The molecule has 9 heteroatoms. The molecule has 5 nitrogen and oxygen atoms in total. The Morgan fingerprint density at radius 1 is 1.16 bits per heavy atom. The second-order valence-corrected chi connectivity index (χ2v) is 4.83. The maximum atomic E-state index is 12.7. The quantitative estimate of drug-likeness (QED) is 0.809. The molecule has 1 amide bonds. The van der Waals surface area contributed by atoms with E-state index in [1.54, 1.807) is 48.0 Å². The molecule has 2 aromatic rings. The van der Waals surface area contributed by atoms with Gasteiger partial charge in [0, 0.05) is 30.1 Å². The van der Waals surface area contributed by atoms with Crippen LogP contribution in [-0.4, -0.2) is 35.2 Å². The summed E-state index contributed by atoms with van der Waals surface area (Å²) in [6.07, 6.45) is -1.72. The standard InChI is InChI=1S/C16H13F4N3O2/c17-8-11(9-23-15(24)16(18,19)20)10-25-13-4-2-12(3-5-13)14-21-6-1-7-22-14/h1-8H,9-10H2,(H,23,24)/b11-8-. The first-order valence-electron chi connectivity index (χ1n) is 7.03. The Labute approximate surface area is 140 Å². The number of hydrogen-bond donors (Lipinski definition) is 1. The van der Waals surface area contributed by atoms with Crippen LogP contribution in [0.3, 0.4) is 0 Å². The molecule has 1 aromatic carbocycles. The molecule has 0 aliphatic rings. The maximum absolute atomic E-state index is 12.7. The van der Waals surface area contributed by atoms with Crippen molar-refractivity contribution in [3.8, 4) is 17.1 Å². The summed E-state index contributed by atoms with van der Waals surface area (Å²) >= 11 is 0. The third-order valence-electron chi connectivity index (χ3n) is 2.99. The van der Waals surface area contributed by atoms with E-state index in [0.29, 0.717) is 11.6 Å². The van der Waals surface area contributed by atoms with Gasteiger partial charge in [0.05, 0.1) is 6.33 Å². The summed E-state index contributed by atoms with van der Waals surface area (Å²) in [5, 5.41) is 1.57. The van der Waals surface area contributed by atoms with Crippen LogP contribution >= 0.6 is 0 Å². The minimum Gasteiger partial charge on any atom is -0.489 e. The molecule has 0 radical (unpaired) electrons. The Morgan fingerprint density at radius 3 is 2.36 bits per heavy atom. The molecule has 0 fully saturated rings. The van der Waals surface area contributed by atoms with Crippen molar-refractivity contribution in [2.24, 2.45) is 0 Å². The highest BCUT2D eigenvalue weighted by Crippen LogP contribution is 2.19. The smallest absolute Gasteiger partial charge is 0.471 e. The lowest BCUT2D eigenvalue weighted by Gasteiger charge is -2.11. The Morgan fingerprint density at radius 2 is 1.80 bits per heavy atom. The van der Waals surface area contributed by atoms with Gasteiger partial charge in [-0.15, -0.1) is 0 Å². The molecule has 2 rings (SSSR count). The van der Waals surface area contributed by atoms with Crippen LogP contribution in [-0.2, 0) is 4.79 Å². The van der Waals surface area contributed by atoms with E-state index in [1.807, 2.05) is 0 Å². The molecule has 1 heterocycles. The van der Waals surface area contributed by atoms with E-state index in [0.717, 1.165) is 5.56 Å². The molecule has 0 atom stereocenters. The Bertz CT molecular complexity index is 731. The molecule has 25 heavy (non-hydrogen) atoms. The molecular weight excluding hydrogens is 342 g/mol. The van der Waals surface area contributed by atoms with Crippen molar-refractivity contribution in [2.75, 3.05) is 13.2 Å². The highest BCUT2D eigenvalue weighted by atomic mass is 19.4. The highest BCUT2D eigenvalue weighted by molar-refractivity contribution is 5.81. The summed E-state index contributed by atoms with van der Waals surface area (Å²) in [7, 11) is 0. The highest BCUT2D eigenvalue weighted by Gasteiger charge is 2.38. The number of nitrogens with one attached hydrogen (secondary N) is 1. The van der Waals surface area contributed by atoms with Crippen LogP contribution in [0.4, 0.5) is 17.6 Å². The van der Waals surface area contributed by atoms with Crippen molar-refractivity contribution in [1.29, 1.82) is 0 Å². The number of amides is 1. The van der Waals surface area contributed by atoms with Crippen molar-refractivity contribution in [1.82, 2.24) is 15.3 Å². The number of ether oxygens (including phenoxy) is 1. The summed E-state index contributed by atoms with van der Waals surface area (Å²) < 4.78 is 54.2. The van der Waals surface area contributed by atoms with Crippen molar-refractivity contribution in [3.63, 3.8) is 0 Å². The third kappa shape index (κ3) is 5.55. The molecule has 0 aliphatic carbocycles. The van der Waals surface area contributed by atoms with Gasteiger partial charge in [-0.05, 0) is 30.3 Å². The molecule has 1 aromatic heterocycles. The van der Waals surface area contributed by atoms with E-state index < -0.39 is 18.6 Å². The zero-order valence-corrected chi connectivity index (χ0v) is 12.8. The van der Waals surface area contributed by atoms with Crippen molar-refractivity contribution in [3.05, 3.63) is 54.6 Å².